The molecule has 8 heteroatoms. The fourth-order valence-corrected chi connectivity index (χ4v) is 7.79. The van der Waals surface area contributed by atoms with Gasteiger partial charge < -0.3 is 24.5 Å². The second-order valence-electron chi connectivity index (χ2n) is 13.3. The van der Waals surface area contributed by atoms with Crippen LogP contribution in [0.3, 0.4) is 0 Å². The number of benzene rings is 1. The van der Waals surface area contributed by atoms with Crippen LogP contribution in [0.5, 0.6) is 0 Å². The van der Waals surface area contributed by atoms with Crippen LogP contribution in [0.25, 0.3) is 0 Å². The van der Waals surface area contributed by atoms with Gasteiger partial charge in [0, 0.05) is 25.7 Å². The fourth-order valence-electron chi connectivity index (χ4n) is 7.79. The monoisotopic (exact) mass is 579 g/mol. The van der Waals surface area contributed by atoms with Crippen LogP contribution in [0.1, 0.15) is 59.9 Å². The topological polar surface area (TPSA) is 90.4 Å². The van der Waals surface area contributed by atoms with E-state index in [0.717, 1.165) is 5.56 Å². The maximum absolute atomic E-state index is 14.7. The predicted molar refractivity (Wildman–Crippen MR) is 163 cm³/mol. The number of carbonyl (C=O) groups is 3. The van der Waals surface area contributed by atoms with Crippen molar-refractivity contribution in [2.45, 2.75) is 90.3 Å². The molecule has 4 rings (SSSR count). The zero-order valence-electron chi connectivity index (χ0n) is 26.2. The molecular formula is C34H49N3O5. The summed E-state index contributed by atoms with van der Waals surface area (Å²) in [5.41, 5.74) is -1.12. The molecule has 2 bridgehead atoms. The van der Waals surface area contributed by atoms with Crippen LogP contribution in [0, 0.1) is 23.7 Å². The molecule has 3 unspecified atom stereocenters. The first kappa shape index (κ1) is 32.0. The van der Waals surface area contributed by atoms with Crippen molar-refractivity contribution >= 4 is 17.7 Å². The molecule has 3 saturated heterocycles. The van der Waals surface area contributed by atoms with Crippen LogP contribution in [0.2, 0.25) is 0 Å². The molecule has 3 fully saturated rings. The van der Waals surface area contributed by atoms with Gasteiger partial charge in [-0.2, -0.15) is 0 Å². The summed E-state index contributed by atoms with van der Waals surface area (Å²) >= 11 is 0. The first-order chi connectivity index (χ1) is 19.9. The highest BCUT2D eigenvalue weighted by Crippen LogP contribution is 2.66. The van der Waals surface area contributed by atoms with E-state index in [1.54, 1.807) is 26.9 Å². The average molecular weight is 580 g/mol. The lowest BCUT2D eigenvalue weighted by molar-refractivity contribution is -0.158. The summed E-state index contributed by atoms with van der Waals surface area (Å²) in [6.45, 7) is 20.4. The van der Waals surface area contributed by atoms with Crippen molar-refractivity contribution in [3.05, 3.63) is 61.2 Å². The molecule has 3 aliphatic heterocycles. The summed E-state index contributed by atoms with van der Waals surface area (Å²) in [5.74, 6) is -2.17. The zero-order chi connectivity index (χ0) is 31.0. The van der Waals surface area contributed by atoms with E-state index in [1.165, 1.54) is 0 Å². The molecule has 1 spiro atoms. The summed E-state index contributed by atoms with van der Waals surface area (Å²) in [7, 11) is 0. The number of nitrogens with zero attached hydrogens (tertiary/aromatic N) is 3. The molecule has 230 valence electrons. The molecular weight excluding hydrogens is 530 g/mol. The molecule has 3 amide bonds. The van der Waals surface area contributed by atoms with Gasteiger partial charge in [0.15, 0.2) is 0 Å². The number of amides is 3. The largest absolute Gasteiger partial charge is 0.394 e. The minimum Gasteiger partial charge on any atom is -0.394 e. The van der Waals surface area contributed by atoms with Gasteiger partial charge in [-0.25, -0.2) is 0 Å². The van der Waals surface area contributed by atoms with E-state index >= 15 is 0 Å². The normalized spacial score (nSPS) is 30.5. The van der Waals surface area contributed by atoms with Crippen LogP contribution >= 0.6 is 0 Å². The number of fused-ring (bicyclic) bond motifs is 1. The van der Waals surface area contributed by atoms with Gasteiger partial charge in [0.1, 0.15) is 11.6 Å². The Bertz CT molecular complexity index is 1180. The smallest absolute Gasteiger partial charge is 0.248 e. The minimum absolute atomic E-state index is 0.0716. The second kappa shape index (κ2) is 12.3. The van der Waals surface area contributed by atoms with E-state index in [9.17, 15) is 19.5 Å². The van der Waals surface area contributed by atoms with E-state index in [0.29, 0.717) is 32.5 Å². The molecule has 1 aromatic carbocycles. The van der Waals surface area contributed by atoms with E-state index in [2.05, 4.69) is 20.1 Å². The second-order valence-corrected chi connectivity index (χ2v) is 13.3. The number of aliphatic hydroxyl groups excluding tert-OH is 1. The molecule has 0 aliphatic carbocycles. The molecule has 0 aromatic heterocycles. The summed E-state index contributed by atoms with van der Waals surface area (Å²) in [4.78, 5) is 48.9. The SMILES string of the molecule is C=CCN(Cc1ccccc1)C(=O)[C@@H]1[C@H]2C(=O)N([C@@H](CO)CC(C)C)C(C(=O)N(CC=C)C(C)C)C23CC(C)[C@@]1(C)O3. The number of aliphatic hydroxyl groups is 1. The van der Waals surface area contributed by atoms with Gasteiger partial charge in [-0.15, -0.1) is 13.2 Å². The van der Waals surface area contributed by atoms with Crippen LogP contribution in [0.4, 0.5) is 0 Å². The standard InChI is InChI=1S/C34H49N3O5/c1-9-16-35(20-25-14-12-11-13-15-25)30(39)27-28-31(40)37(26(21-38)18-22(3)4)29(32(41)36(17-10-2)23(5)6)34(28)19-24(7)33(27,8)42-34/h9-15,22-24,26-29,38H,1-2,16-21H2,3-8H3/t24?,26-,27+,28+,29?,33-,34?/m1/s1. The lowest BCUT2D eigenvalue weighted by Gasteiger charge is -2.41. The molecule has 7 atom stereocenters. The first-order valence-electron chi connectivity index (χ1n) is 15.4. The molecule has 3 heterocycles. The number of ether oxygens (including phenoxy) is 1. The number of carbonyl (C=O) groups excluding carboxylic acids is 3. The lowest BCUT2D eigenvalue weighted by atomic mass is 9.62. The van der Waals surface area contributed by atoms with Crippen molar-refractivity contribution in [3.63, 3.8) is 0 Å². The van der Waals surface area contributed by atoms with Crippen molar-refractivity contribution in [3.8, 4) is 0 Å². The maximum atomic E-state index is 14.7. The van der Waals surface area contributed by atoms with E-state index in [4.69, 9.17) is 4.74 Å². The van der Waals surface area contributed by atoms with Gasteiger partial charge in [-0.3, -0.25) is 14.4 Å². The number of hydrogen-bond donors (Lipinski definition) is 1. The van der Waals surface area contributed by atoms with Gasteiger partial charge in [0.25, 0.3) is 0 Å². The van der Waals surface area contributed by atoms with Crippen LogP contribution in [0.15, 0.2) is 55.6 Å². The van der Waals surface area contributed by atoms with Crippen LogP contribution < -0.4 is 0 Å². The number of hydrogen-bond acceptors (Lipinski definition) is 5. The Labute approximate surface area is 251 Å². The van der Waals surface area contributed by atoms with Crippen LogP contribution in [-0.2, 0) is 25.7 Å². The Morgan fingerprint density at radius 1 is 1.12 bits per heavy atom. The Balaban J connectivity index is 1.84. The van der Waals surface area contributed by atoms with Crippen molar-refractivity contribution in [2.24, 2.45) is 23.7 Å². The summed E-state index contributed by atoms with van der Waals surface area (Å²) in [6, 6.07) is 8.10. The summed E-state index contributed by atoms with van der Waals surface area (Å²) in [6.07, 6.45) is 4.40. The third-order valence-corrected chi connectivity index (χ3v) is 9.71. The van der Waals surface area contributed by atoms with E-state index in [1.807, 2.05) is 65.0 Å². The molecule has 42 heavy (non-hydrogen) atoms. The third-order valence-electron chi connectivity index (χ3n) is 9.71. The highest BCUT2D eigenvalue weighted by atomic mass is 16.5. The van der Waals surface area contributed by atoms with E-state index < -0.39 is 35.1 Å². The van der Waals surface area contributed by atoms with Crippen molar-refractivity contribution in [2.75, 3.05) is 19.7 Å². The number of rotatable bonds is 13. The lowest BCUT2D eigenvalue weighted by Crippen LogP contribution is -2.60. The van der Waals surface area contributed by atoms with Gasteiger partial charge >= 0.3 is 0 Å². The van der Waals surface area contributed by atoms with Crippen molar-refractivity contribution < 1.29 is 24.2 Å². The van der Waals surface area contributed by atoms with Crippen LogP contribution in [-0.4, -0.2) is 86.6 Å². The van der Waals surface area contributed by atoms with Gasteiger partial charge in [-0.1, -0.05) is 63.3 Å². The Kier molecular flexibility index (Phi) is 9.38. The van der Waals surface area contributed by atoms with Crippen molar-refractivity contribution in [1.82, 2.24) is 14.7 Å². The summed E-state index contributed by atoms with van der Waals surface area (Å²) < 4.78 is 6.95. The molecule has 0 saturated carbocycles. The quantitative estimate of drug-likeness (QED) is 0.356. The van der Waals surface area contributed by atoms with Crippen molar-refractivity contribution in [1.29, 1.82) is 0 Å². The highest BCUT2D eigenvalue weighted by Gasteiger charge is 2.80. The Morgan fingerprint density at radius 3 is 2.31 bits per heavy atom. The fraction of sp³-hybridized carbons (Fsp3) is 0.618. The maximum Gasteiger partial charge on any atom is 0.248 e. The molecule has 1 aromatic rings. The number of likely N-dealkylation sites (tertiary alicyclic amines) is 1. The Hall–Kier alpha value is -2.97. The van der Waals surface area contributed by atoms with Gasteiger partial charge in [0.2, 0.25) is 17.7 Å². The molecule has 8 nitrogen and oxygen atoms in total. The first-order valence-corrected chi connectivity index (χ1v) is 15.4. The van der Waals surface area contributed by atoms with Gasteiger partial charge in [-0.05, 0) is 51.0 Å². The van der Waals surface area contributed by atoms with Gasteiger partial charge in [0.05, 0.1) is 30.1 Å². The third kappa shape index (κ3) is 5.21. The minimum atomic E-state index is -1.17. The predicted octanol–water partition coefficient (Wildman–Crippen LogP) is 4.04. The zero-order valence-corrected chi connectivity index (χ0v) is 26.2. The molecule has 1 N–H and O–H groups in total. The molecule has 0 radical (unpaired) electrons. The Morgan fingerprint density at radius 2 is 1.76 bits per heavy atom. The molecule has 3 aliphatic rings. The summed E-state index contributed by atoms with van der Waals surface area (Å²) in [5, 5.41) is 10.6. The highest BCUT2D eigenvalue weighted by molar-refractivity contribution is 5.99. The average Bonchev–Trinajstić information content (AvgIpc) is 3.46. The van der Waals surface area contributed by atoms with E-state index in [-0.39, 0.29) is 42.2 Å².